The van der Waals surface area contributed by atoms with Gasteiger partial charge in [-0.05, 0) is 25.3 Å². The molecule has 5 nitrogen and oxygen atoms in total. The molecule has 0 spiro atoms. The second-order valence-corrected chi connectivity index (χ2v) is 5.08. The first-order chi connectivity index (χ1) is 8.32. The zero-order chi connectivity index (χ0) is 13.9. The molecular weight excluding hydrogens is 228 g/mol. The molecule has 0 radical (unpaired) electrons. The van der Waals surface area contributed by atoms with E-state index in [0.29, 0.717) is 29.0 Å². The maximum absolute atomic E-state index is 11.2. The van der Waals surface area contributed by atoms with Crippen LogP contribution in [0, 0.1) is 5.92 Å². The van der Waals surface area contributed by atoms with Gasteiger partial charge in [0.25, 0.3) is 5.91 Å². The van der Waals surface area contributed by atoms with Crippen molar-refractivity contribution in [1.29, 1.82) is 0 Å². The van der Waals surface area contributed by atoms with Gasteiger partial charge in [0, 0.05) is 13.1 Å². The number of carbonyl (C=O) groups excluding carboxylic acids is 1. The van der Waals surface area contributed by atoms with Gasteiger partial charge in [-0.25, -0.2) is 4.98 Å². The third kappa shape index (κ3) is 3.35. The second kappa shape index (κ2) is 5.71. The Morgan fingerprint density at radius 1 is 1.44 bits per heavy atom. The number of primary amides is 1. The van der Waals surface area contributed by atoms with Gasteiger partial charge in [-0.1, -0.05) is 13.8 Å². The van der Waals surface area contributed by atoms with E-state index < -0.39 is 5.91 Å². The van der Waals surface area contributed by atoms with Crippen LogP contribution in [0.15, 0.2) is 12.3 Å². The summed E-state index contributed by atoms with van der Waals surface area (Å²) in [7, 11) is 1.95. The summed E-state index contributed by atoms with van der Waals surface area (Å²) in [6.45, 7) is 6.48. The van der Waals surface area contributed by atoms with Crippen LogP contribution in [-0.2, 0) is 0 Å². The maximum Gasteiger partial charge on any atom is 0.250 e. The summed E-state index contributed by atoms with van der Waals surface area (Å²) in [6, 6.07) is 1.98. The van der Waals surface area contributed by atoms with Crippen molar-refractivity contribution in [1.82, 2.24) is 4.98 Å². The number of pyridine rings is 1. The average molecular weight is 250 g/mol. The molecule has 0 fully saturated rings. The third-order valence-electron chi connectivity index (χ3n) is 3.02. The molecule has 1 atom stereocenters. The SMILES string of the molecule is CC(C)CC(C)N(C)c1cc(C(N)=O)c(N)cn1. The zero-order valence-corrected chi connectivity index (χ0v) is 11.5. The van der Waals surface area contributed by atoms with Crippen LogP contribution < -0.4 is 16.4 Å². The highest BCUT2D eigenvalue weighted by Gasteiger charge is 2.15. The minimum absolute atomic E-state index is 0.316. The lowest BCUT2D eigenvalue weighted by Gasteiger charge is -2.27. The minimum atomic E-state index is -0.527. The number of aromatic nitrogens is 1. The van der Waals surface area contributed by atoms with Crippen LogP contribution in [0.5, 0.6) is 0 Å². The number of hydrogen-bond acceptors (Lipinski definition) is 4. The van der Waals surface area contributed by atoms with E-state index in [4.69, 9.17) is 11.5 Å². The van der Waals surface area contributed by atoms with E-state index in [1.165, 1.54) is 6.20 Å². The molecule has 0 aliphatic carbocycles. The van der Waals surface area contributed by atoms with Crippen LogP contribution in [0.3, 0.4) is 0 Å². The van der Waals surface area contributed by atoms with Gasteiger partial charge in [0.2, 0.25) is 0 Å². The quantitative estimate of drug-likeness (QED) is 0.831. The van der Waals surface area contributed by atoms with Gasteiger partial charge in [0.1, 0.15) is 5.82 Å². The average Bonchev–Trinajstić information content (AvgIpc) is 2.27. The number of amides is 1. The van der Waals surface area contributed by atoms with E-state index in [0.717, 1.165) is 6.42 Å². The second-order valence-electron chi connectivity index (χ2n) is 5.08. The van der Waals surface area contributed by atoms with Crippen LogP contribution in [0.25, 0.3) is 0 Å². The molecule has 1 aromatic rings. The van der Waals surface area contributed by atoms with Crippen molar-refractivity contribution in [2.45, 2.75) is 33.2 Å². The normalized spacial score (nSPS) is 12.5. The Labute approximate surface area is 108 Å². The molecule has 0 saturated carbocycles. The number of nitrogen functional groups attached to an aromatic ring is 1. The third-order valence-corrected chi connectivity index (χ3v) is 3.02. The van der Waals surface area contributed by atoms with Crippen molar-refractivity contribution in [2.24, 2.45) is 11.7 Å². The van der Waals surface area contributed by atoms with Crippen molar-refractivity contribution in [3.05, 3.63) is 17.8 Å². The Balaban J connectivity index is 2.96. The summed E-state index contributed by atoms with van der Waals surface area (Å²) >= 11 is 0. The molecule has 1 amide bonds. The van der Waals surface area contributed by atoms with Crippen LogP contribution in [0.4, 0.5) is 11.5 Å². The van der Waals surface area contributed by atoms with Crippen LogP contribution in [0.1, 0.15) is 37.6 Å². The fraction of sp³-hybridized carbons (Fsp3) is 0.538. The highest BCUT2D eigenvalue weighted by Crippen LogP contribution is 2.20. The van der Waals surface area contributed by atoms with E-state index in [1.54, 1.807) is 6.07 Å². The lowest BCUT2D eigenvalue weighted by Crippen LogP contribution is -2.31. The van der Waals surface area contributed by atoms with Gasteiger partial charge in [0.05, 0.1) is 17.4 Å². The molecular formula is C13H22N4O. The first kappa shape index (κ1) is 14.3. The molecule has 0 saturated heterocycles. The lowest BCUT2D eigenvalue weighted by molar-refractivity contribution is 0.100. The van der Waals surface area contributed by atoms with E-state index in [-0.39, 0.29) is 0 Å². The highest BCUT2D eigenvalue weighted by atomic mass is 16.1. The first-order valence-corrected chi connectivity index (χ1v) is 6.11. The topological polar surface area (TPSA) is 85.2 Å². The highest BCUT2D eigenvalue weighted by molar-refractivity contribution is 5.98. The fourth-order valence-electron chi connectivity index (χ4n) is 1.93. The van der Waals surface area contributed by atoms with E-state index >= 15 is 0 Å². The summed E-state index contributed by atoms with van der Waals surface area (Å²) in [5.41, 5.74) is 11.6. The smallest absolute Gasteiger partial charge is 0.250 e. The monoisotopic (exact) mass is 250 g/mol. The zero-order valence-electron chi connectivity index (χ0n) is 11.5. The lowest BCUT2D eigenvalue weighted by atomic mass is 10.0. The van der Waals surface area contributed by atoms with Crippen molar-refractivity contribution in [2.75, 3.05) is 17.7 Å². The minimum Gasteiger partial charge on any atom is -0.397 e. The molecule has 5 heteroatoms. The van der Waals surface area contributed by atoms with Crippen molar-refractivity contribution < 1.29 is 4.79 Å². The molecule has 0 aromatic carbocycles. The van der Waals surface area contributed by atoms with Gasteiger partial charge < -0.3 is 16.4 Å². The Morgan fingerprint density at radius 2 is 2.06 bits per heavy atom. The van der Waals surface area contributed by atoms with Gasteiger partial charge in [-0.2, -0.15) is 0 Å². The molecule has 0 bridgehead atoms. The maximum atomic E-state index is 11.2. The fourth-order valence-corrected chi connectivity index (χ4v) is 1.93. The number of anilines is 2. The summed E-state index contributed by atoms with van der Waals surface area (Å²) in [4.78, 5) is 17.5. The number of carbonyl (C=O) groups is 1. The standard InChI is InChI=1S/C13H22N4O/c1-8(2)5-9(3)17(4)12-6-10(13(15)18)11(14)7-16-12/h6-9H,5,14H2,1-4H3,(H2,15,18). The largest absolute Gasteiger partial charge is 0.397 e. The number of nitrogens with two attached hydrogens (primary N) is 2. The molecule has 1 aromatic heterocycles. The van der Waals surface area contributed by atoms with Gasteiger partial charge in [-0.3, -0.25) is 4.79 Å². The van der Waals surface area contributed by atoms with E-state index in [2.05, 4.69) is 25.8 Å². The molecule has 1 rings (SSSR count). The van der Waals surface area contributed by atoms with Gasteiger partial charge >= 0.3 is 0 Å². The summed E-state index contributed by atoms with van der Waals surface area (Å²) in [5.74, 6) is 0.791. The van der Waals surface area contributed by atoms with Crippen LogP contribution in [0.2, 0.25) is 0 Å². The Morgan fingerprint density at radius 3 is 2.56 bits per heavy atom. The Kier molecular flexibility index (Phi) is 4.53. The molecule has 1 heterocycles. The Hall–Kier alpha value is -1.78. The summed E-state index contributed by atoms with van der Waals surface area (Å²) in [6.07, 6.45) is 2.53. The molecule has 4 N–H and O–H groups in total. The summed E-state index contributed by atoms with van der Waals surface area (Å²) < 4.78 is 0. The Bertz CT molecular complexity index is 431. The van der Waals surface area contributed by atoms with Crippen molar-refractivity contribution >= 4 is 17.4 Å². The predicted molar refractivity (Wildman–Crippen MR) is 74.5 cm³/mol. The number of nitrogens with zero attached hydrogens (tertiary/aromatic N) is 2. The van der Waals surface area contributed by atoms with E-state index in [9.17, 15) is 4.79 Å². The molecule has 0 aliphatic rings. The van der Waals surface area contributed by atoms with E-state index in [1.807, 2.05) is 11.9 Å². The van der Waals surface area contributed by atoms with Crippen molar-refractivity contribution in [3.8, 4) is 0 Å². The van der Waals surface area contributed by atoms with Crippen LogP contribution in [-0.4, -0.2) is 24.0 Å². The molecule has 18 heavy (non-hydrogen) atoms. The van der Waals surface area contributed by atoms with Gasteiger partial charge in [0.15, 0.2) is 0 Å². The number of rotatable bonds is 5. The molecule has 1 unspecified atom stereocenters. The van der Waals surface area contributed by atoms with Crippen LogP contribution >= 0.6 is 0 Å². The van der Waals surface area contributed by atoms with Crippen molar-refractivity contribution in [3.63, 3.8) is 0 Å². The first-order valence-electron chi connectivity index (χ1n) is 6.11. The molecule has 100 valence electrons. The van der Waals surface area contributed by atoms with Gasteiger partial charge in [-0.15, -0.1) is 0 Å². The number of hydrogen-bond donors (Lipinski definition) is 2. The molecule has 0 aliphatic heterocycles. The predicted octanol–water partition coefficient (Wildman–Crippen LogP) is 1.63. The summed E-state index contributed by atoms with van der Waals surface area (Å²) in [5, 5.41) is 0.